The quantitative estimate of drug-likeness (QED) is 0.527. The van der Waals surface area contributed by atoms with Crippen molar-refractivity contribution in [1.82, 2.24) is 19.4 Å². The average molecular weight is 498 g/mol. The zero-order valence-corrected chi connectivity index (χ0v) is 20.2. The summed E-state index contributed by atoms with van der Waals surface area (Å²) in [5.41, 5.74) is 1.81. The van der Waals surface area contributed by atoms with Gasteiger partial charge in [-0.15, -0.1) is 0 Å². The third-order valence-corrected chi connectivity index (χ3v) is 7.91. The van der Waals surface area contributed by atoms with Crippen molar-refractivity contribution in [2.24, 2.45) is 18.9 Å². The molecule has 11 heteroatoms. The number of amides is 3. The van der Waals surface area contributed by atoms with Crippen LogP contribution in [0.4, 0.5) is 5.69 Å². The molecule has 1 saturated carbocycles. The highest BCUT2D eigenvalue weighted by molar-refractivity contribution is 6.00. The molecule has 192 valence electrons. The number of carboxylic acids is 1. The van der Waals surface area contributed by atoms with Gasteiger partial charge in [0.25, 0.3) is 0 Å². The van der Waals surface area contributed by atoms with Gasteiger partial charge in [0, 0.05) is 38.5 Å². The van der Waals surface area contributed by atoms with Gasteiger partial charge in [0.05, 0.1) is 22.6 Å². The number of nitrogens with one attached hydrogen (secondary N) is 2. The van der Waals surface area contributed by atoms with Gasteiger partial charge in [-0.2, -0.15) is 0 Å². The number of fused-ring (bicyclic) bond motifs is 1. The van der Waals surface area contributed by atoms with Gasteiger partial charge in [0.2, 0.25) is 17.7 Å². The largest absolute Gasteiger partial charge is 0.481 e. The minimum atomic E-state index is -0.840. The number of carbonyl (C=O) groups is 4. The summed E-state index contributed by atoms with van der Waals surface area (Å²) in [4.78, 5) is 63.0. The Bertz CT molecular complexity index is 1290. The van der Waals surface area contributed by atoms with E-state index in [0.717, 1.165) is 31.4 Å². The highest BCUT2D eigenvalue weighted by Gasteiger charge is 2.36. The van der Waals surface area contributed by atoms with Crippen LogP contribution in [0.25, 0.3) is 11.0 Å². The Morgan fingerprint density at radius 3 is 2.44 bits per heavy atom. The van der Waals surface area contributed by atoms with Crippen LogP contribution in [0.1, 0.15) is 51.0 Å². The van der Waals surface area contributed by atoms with E-state index < -0.39 is 23.8 Å². The maximum atomic E-state index is 13.1. The van der Waals surface area contributed by atoms with Crippen LogP contribution in [0.5, 0.6) is 0 Å². The van der Waals surface area contributed by atoms with Gasteiger partial charge in [-0.1, -0.05) is 6.07 Å². The van der Waals surface area contributed by atoms with Crippen molar-refractivity contribution in [3.05, 3.63) is 28.7 Å². The molecule has 3 heterocycles. The van der Waals surface area contributed by atoms with E-state index in [1.165, 1.54) is 9.13 Å². The number of imidazole rings is 1. The molecule has 3 fully saturated rings. The minimum absolute atomic E-state index is 0.0583. The lowest BCUT2D eigenvalue weighted by molar-refractivity contribution is -0.142. The Balaban J connectivity index is 1.29. The first-order valence-electron chi connectivity index (χ1n) is 12.6. The lowest BCUT2D eigenvalue weighted by atomic mass is 9.85. The molecule has 0 unspecified atom stereocenters. The van der Waals surface area contributed by atoms with Gasteiger partial charge in [-0.05, 0) is 50.7 Å². The Hall–Kier alpha value is -3.63. The Labute approximate surface area is 207 Å². The number of aryl methyl sites for hydroxylation is 1. The van der Waals surface area contributed by atoms with E-state index in [1.807, 2.05) is 18.2 Å². The van der Waals surface area contributed by atoms with Crippen LogP contribution in [-0.2, 0) is 26.2 Å². The van der Waals surface area contributed by atoms with Crippen LogP contribution in [0.3, 0.4) is 0 Å². The highest BCUT2D eigenvalue weighted by Crippen LogP contribution is 2.32. The topological polar surface area (TPSA) is 143 Å². The predicted octanol–water partition coefficient (Wildman–Crippen LogP) is 1.22. The molecule has 3 aliphatic rings. The van der Waals surface area contributed by atoms with E-state index in [9.17, 15) is 29.1 Å². The number of aliphatic carboxylic acids is 1. The van der Waals surface area contributed by atoms with Crippen molar-refractivity contribution < 1.29 is 24.3 Å². The number of piperidine rings is 1. The summed E-state index contributed by atoms with van der Waals surface area (Å²) < 4.78 is 3.00. The number of carbonyl (C=O) groups excluding carboxylic acids is 3. The molecular weight excluding hydrogens is 466 g/mol. The molecule has 0 radical (unpaired) electrons. The van der Waals surface area contributed by atoms with Crippen LogP contribution in [-0.4, -0.2) is 62.0 Å². The van der Waals surface area contributed by atoms with E-state index in [2.05, 4.69) is 10.6 Å². The van der Waals surface area contributed by atoms with E-state index in [0.29, 0.717) is 30.5 Å². The number of rotatable bonds is 5. The third-order valence-electron chi connectivity index (χ3n) is 7.91. The van der Waals surface area contributed by atoms with E-state index in [-0.39, 0.29) is 42.3 Å². The third kappa shape index (κ3) is 4.27. The van der Waals surface area contributed by atoms with Crippen molar-refractivity contribution in [2.75, 3.05) is 18.4 Å². The molecule has 5 rings (SSSR count). The summed E-state index contributed by atoms with van der Waals surface area (Å²) in [5, 5.41) is 15.1. The molecule has 3 amide bonds. The number of anilines is 1. The lowest BCUT2D eigenvalue weighted by Crippen LogP contribution is -2.44. The fourth-order valence-corrected chi connectivity index (χ4v) is 5.91. The van der Waals surface area contributed by atoms with Crippen molar-refractivity contribution in [1.29, 1.82) is 0 Å². The number of likely N-dealkylation sites (tertiary alicyclic amines) is 1. The summed E-state index contributed by atoms with van der Waals surface area (Å²) in [6.45, 7) is 0.806. The molecule has 0 spiro atoms. The van der Waals surface area contributed by atoms with Gasteiger partial charge in [-0.3, -0.25) is 33.6 Å². The van der Waals surface area contributed by atoms with Crippen molar-refractivity contribution in [2.45, 2.75) is 57.0 Å². The molecule has 11 nitrogen and oxygen atoms in total. The van der Waals surface area contributed by atoms with Crippen molar-refractivity contribution >= 4 is 40.4 Å². The van der Waals surface area contributed by atoms with E-state index in [1.54, 1.807) is 11.9 Å². The van der Waals surface area contributed by atoms with Crippen LogP contribution in [0, 0.1) is 11.8 Å². The molecule has 2 saturated heterocycles. The summed E-state index contributed by atoms with van der Waals surface area (Å²) in [7, 11) is 1.67. The predicted molar refractivity (Wildman–Crippen MR) is 130 cm³/mol. The molecule has 36 heavy (non-hydrogen) atoms. The van der Waals surface area contributed by atoms with E-state index >= 15 is 0 Å². The number of nitrogens with zero attached hydrogens (tertiary/aromatic N) is 3. The summed E-state index contributed by atoms with van der Waals surface area (Å²) in [5.74, 6) is -2.13. The van der Waals surface area contributed by atoms with E-state index in [4.69, 9.17) is 0 Å². The average Bonchev–Trinajstić information content (AvgIpc) is 3.44. The summed E-state index contributed by atoms with van der Waals surface area (Å²) >= 11 is 0. The summed E-state index contributed by atoms with van der Waals surface area (Å²) in [6, 6.07) is 4.94. The number of carboxylic acid groups (broad SMARTS) is 1. The Morgan fingerprint density at radius 1 is 1.03 bits per heavy atom. The molecule has 2 aromatic rings. The van der Waals surface area contributed by atoms with Crippen LogP contribution < -0.4 is 16.3 Å². The van der Waals surface area contributed by atoms with Gasteiger partial charge in [0.15, 0.2) is 0 Å². The SMILES string of the molecule is Cn1c(=O)n([C@@H]2CCC(=O)NC2=O)c2cccc(NC3CCC(C(=O)N4CC[C@@H](C(=O)O)C4)CC3)c21. The molecule has 3 N–H and O–H groups in total. The second-order valence-corrected chi connectivity index (χ2v) is 10.2. The van der Waals surface area contributed by atoms with Crippen LogP contribution in [0.2, 0.25) is 0 Å². The smallest absolute Gasteiger partial charge is 0.329 e. The van der Waals surface area contributed by atoms with Crippen LogP contribution >= 0.6 is 0 Å². The summed E-state index contributed by atoms with van der Waals surface area (Å²) in [6.07, 6.45) is 3.99. The zero-order valence-electron chi connectivity index (χ0n) is 20.2. The Morgan fingerprint density at radius 2 is 1.78 bits per heavy atom. The number of para-hydroxylation sites is 1. The number of hydrogen-bond acceptors (Lipinski definition) is 6. The monoisotopic (exact) mass is 497 g/mol. The van der Waals surface area contributed by atoms with Crippen LogP contribution in [0.15, 0.2) is 23.0 Å². The molecule has 2 aliphatic heterocycles. The second kappa shape index (κ2) is 9.44. The van der Waals surface area contributed by atoms with Crippen molar-refractivity contribution in [3.8, 4) is 0 Å². The second-order valence-electron chi connectivity index (χ2n) is 10.2. The maximum absolute atomic E-state index is 13.1. The fourth-order valence-electron chi connectivity index (χ4n) is 5.91. The molecule has 1 aromatic carbocycles. The highest BCUT2D eigenvalue weighted by atomic mass is 16.4. The van der Waals surface area contributed by atoms with Gasteiger partial charge >= 0.3 is 11.7 Å². The number of aromatic nitrogens is 2. The van der Waals surface area contributed by atoms with Gasteiger partial charge in [-0.25, -0.2) is 4.79 Å². The minimum Gasteiger partial charge on any atom is -0.481 e. The number of hydrogen-bond donors (Lipinski definition) is 3. The van der Waals surface area contributed by atoms with Gasteiger partial charge < -0.3 is 15.3 Å². The van der Waals surface area contributed by atoms with Gasteiger partial charge in [0.1, 0.15) is 6.04 Å². The molecule has 1 aromatic heterocycles. The molecular formula is C25H31N5O6. The molecule has 0 bridgehead atoms. The first-order valence-corrected chi connectivity index (χ1v) is 12.6. The van der Waals surface area contributed by atoms with Crippen molar-refractivity contribution in [3.63, 3.8) is 0 Å². The zero-order chi connectivity index (χ0) is 25.6. The first-order chi connectivity index (χ1) is 17.2. The fraction of sp³-hybridized carbons (Fsp3) is 0.560. The first kappa shape index (κ1) is 24.1. The Kier molecular flexibility index (Phi) is 6.31. The number of imide groups is 1. The normalized spacial score (nSPS) is 26.8. The maximum Gasteiger partial charge on any atom is 0.329 e. The molecule has 2 atom stereocenters. The molecule has 1 aliphatic carbocycles. The number of benzene rings is 1. The lowest BCUT2D eigenvalue weighted by Gasteiger charge is -2.31. The standard InChI is InChI=1S/C25H31N5O6/c1-28-21-17(3-2-4-18(21)30(25(28)36)19-9-10-20(31)27-22(19)32)26-16-7-5-14(6-8-16)23(33)29-12-11-15(13-29)24(34)35/h2-4,14-16,19,26H,5-13H2,1H3,(H,34,35)(H,27,31,32)/t14?,15-,16?,19-/m1/s1.